The lowest BCUT2D eigenvalue weighted by Gasteiger charge is -2.37. The first-order valence-electron chi connectivity index (χ1n) is 13.9. The fraction of sp³-hybridized carbons (Fsp3) is 0.500. The summed E-state index contributed by atoms with van der Waals surface area (Å²) in [7, 11) is 5.23. The van der Waals surface area contributed by atoms with Crippen molar-refractivity contribution in [3.8, 4) is 11.1 Å². The molecular weight excluding hydrogens is 522 g/mol. The highest BCUT2D eigenvalue weighted by Gasteiger charge is 2.26. The molecule has 1 fully saturated rings. The summed E-state index contributed by atoms with van der Waals surface area (Å²) in [5.41, 5.74) is 6.77. The van der Waals surface area contributed by atoms with Gasteiger partial charge >= 0.3 is 0 Å². The van der Waals surface area contributed by atoms with Gasteiger partial charge in [-0.05, 0) is 50.8 Å². The number of rotatable bonds is 12. The van der Waals surface area contributed by atoms with Gasteiger partial charge < -0.3 is 29.3 Å². The van der Waals surface area contributed by atoms with Crippen molar-refractivity contribution in [3.05, 3.63) is 58.5 Å². The highest BCUT2D eigenvalue weighted by atomic mass is 16.7. The number of piperidine rings is 1. The van der Waals surface area contributed by atoms with Crippen LogP contribution in [0.5, 0.6) is 0 Å². The van der Waals surface area contributed by atoms with Gasteiger partial charge in [0.25, 0.3) is 5.91 Å². The number of hydrogen-bond acceptors (Lipinski definition) is 10. The second-order valence-electron chi connectivity index (χ2n) is 10.4. The summed E-state index contributed by atoms with van der Waals surface area (Å²) in [5, 5.41) is 11.2. The molecule has 0 aliphatic carbocycles. The minimum Gasteiger partial charge on any atom is -0.383 e. The standard InChI is InChI=1S/C30H41N7O4/c1-20-7-8-23(18-41-19-40-6)26(15-20)28-21(2)33-30(34-22(28)3)37-12-9-25(10-13-37)36(4)27-16-24(17-32-35-27)29(38)31-11-14-39-5/h7-8,15-17,25H,9-14,18-19H2,1-6H3,(H,31,38). The van der Waals surface area contributed by atoms with Gasteiger partial charge in [0.1, 0.15) is 6.79 Å². The molecule has 0 saturated carbocycles. The summed E-state index contributed by atoms with van der Waals surface area (Å²) in [6.07, 6.45) is 3.30. The van der Waals surface area contributed by atoms with E-state index in [0.29, 0.717) is 31.1 Å². The van der Waals surface area contributed by atoms with Gasteiger partial charge in [0.2, 0.25) is 5.95 Å². The summed E-state index contributed by atoms with van der Waals surface area (Å²) in [6.45, 7) is 9.42. The smallest absolute Gasteiger partial charge is 0.253 e. The maximum Gasteiger partial charge on any atom is 0.253 e. The number of benzene rings is 1. The molecule has 0 radical (unpaired) electrons. The number of aromatic nitrogens is 4. The van der Waals surface area contributed by atoms with Gasteiger partial charge in [0, 0.05) is 52.5 Å². The molecule has 41 heavy (non-hydrogen) atoms. The van der Waals surface area contributed by atoms with E-state index in [0.717, 1.165) is 60.0 Å². The van der Waals surface area contributed by atoms with Gasteiger partial charge in [-0.3, -0.25) is 4.79 Å². The van der Waals surface area contributed by atoms with Gasteiger partial charge in [-0.2, -0.15) is 5.10 Å². The lowest BCUT2D eigenvalue weighted by atomic mass is 9.95. The maximum absolute atomic E-state index is 12.4. The molecule has 0 atom stereocenters. The predicted molar refractivity (Wildman–Crippen MR) is 158 cm³/mol. The number of amides is 1. The lowest BCUT2D eigenvalue weighted by Crippen LogP contribution is -2.44. The molecule has 0 spiro atoms. The van der Waals surface area contributed by atoms with Crippen LogP contribution in [0.2, 0.25) is 0 Å². The van der Waals surface area contributed by atoms with Crippen LogP contribution in [-0.2, 0) is 20.8 Å². The third-order valence-electron chi connectivity index (χ3n) is 7.40. The lowest BCUT2D eigenvalue weighted by molar-refractivity contribution is -0.0389. The van der Waals surface area contributed by atoms with Gasteiger partial charge in [-0.15, -0.1) is 5.10 Å². The van der Waals surface area contributed by atoms with Crippen LogP contribution >= 0.6 is 0 Å². The Balaban J connectivity index is 1.44. The van der Waals surface area contributed by atoms with Crippen LogP contribution in [0.15, 0.2) is 30.5 Å². The van der Waals surface area contributed by atoms with Crippen LogP contribution in [0, 0.1) is 20.8 Å². The van der Waals surface area contributed by atoms with E-state index in [-0.39, 0.29) is 18.7 Å². The Bertz CT molecular complexity index is 1300. The highest BCUT2D eigenvalue weighted by Crippen LogP contribution is 2.32. The SMILES string of the molecule is COCCNC(=O)c1cnnc(N(C)C2CCN(c3nc(C)c(-c4cc(C)ccc4COCOC)c(C)n3)CC2)c1. The fourth-order valence-corrected chi connectivity index (χ4v) is 5.17. The Hall–Kier alpha value is -3.67. The molecule has 1 amide bonds. The molecule has 11 heteroatoms. The Morgan fingerprint density at radius 1 is 1.07 bits per heavy atom. The average molecular weight is 564 g/mol. The second kappa shape index (κ2) is 14.3. The van der Waals surface area contributed by atoms with E-state index in [1.165, 1.54) is 11.8 Å². The average Bonchev–Trinajstić information content (AvgIpc) is 2.98. The van der Waals surface area contributed by atoms with Crippen LogP contribution in [0.1, 0.15) is 45.7 Å². The van der Waals surface area contributed by atoms with Crippen molar-refractivity contribution in [3.63, 3.8) is 0 Å². The van der Waals surface area contributed by atoms with Crippen molar-refractivity contribution in [1.82, 2.24) is 25.5 Å². The number of methoxy groups -OCH3 is 2. The van der Waals surface area contributed by atoms with Crippen molar-refractivity contribution < 1.29 is 19.0 Å². The monoisotopic (exact) mass is 563 g/mol. The Labute approximate surface area is 242 Å². The topological polar surface area (TPSA) is 115 Å². The van der Waals surface area contributed by atoms with Gasteiger partial charge in [0.05, 0.1) is 36.4 Å². The first-order valence-corrected chi connectivity index (χ1v) is 13.9. The largest absolute Gasteiger partial charge is 0.383 e. The minimum absolute atomic E-state index is 0.187. The number of carbonyl (C=O) groups is 1. The molecule has 0 bridgehead atoms. The third kappa shape index (κ3) is 7.55. The Morgan fingerprint density at radius 2 is 1.80 bits per heavy atom. The van der Waals surface area contributed by atoms with Crippen molar-refractivity contribution in [2.45, 2.75) is 46.3 Å². The number of carbonyl (C=O) groups excluding carboxylic acids is 1. The van der Waals surface area contributed by atoms with E-state index in [1.54, 1.807) is 20.3 Å². The molecule has 1 N–H and O–H groups in total. The predicted octanol–water partition coefficient (Wildman–Crippen LogP) is 3.46. The van der Waals surface area contributed by atoms with E-state index in [4.69, 9.17) is 24.2 Å². The van der Waals surface area contributed by atoms with Crippen molar-refractivity contribution in [2.24, 2.45) is 0 Å². The number of nitrogens with zero attached hydrogens (tertiary/aromatic N) is 6. The number of ether oxygens (including phenoxy) is 3. The molecule has 1 aliphatic heterocycles. The van der Waals surface area contributed by atoms with Crippen LogP contribution in [0.3, 0.4) is 0 Å². The zero-order valence-electron chi connectivity index (χ0n) is 24.9. The summed E-state index contributed by atoms with van der Waals surface area (Å²) in [6, 6.07) is 8.41. The van der Waals surface area contributed by atoms with Crippen LogP contribution in [0.4, 0.5) is 11.8 Å². The first-order chi connectivity index (χ1) is 19.8. The zero-order chi connectivity index (χ0) is 29.4. The highest BCUT2D eigenvalue weighted by molar-refractivity contribution is 5.94. The van der Waals surface area contributed by atoms with Crippen molar-refractivity contribution in [1.29, 1.82) is 0 Å². The quantitative estimate of drug-likeness (QED) is 0.260. The maximum atomic E-state index is 12.4. The Morgan fingerprint density at radius 3 is 2.49 bits per heavy atom. The van der Waals surface area contributed by atoms with Crippen molar-refractivity contribution in [2.75, 3.05) is 64.1 Å². The summed E-state index contributed by atoms with van der Waals surface area (Å²) >= 11 is 0. The zero-order valence-corrected chi connectivity index (χ0v) is 24.9. The summed E-state index contributed by atoms with van der Waals surface area (Å²) < 4.78 is 15.7. The number of aryl methyl sites for hydroxylation is 3. The van der Waals surface area contributed by atoms with Gasteiger partial charge in [-0.25, -0.2) is 9.97 Å². The van der Waals surface area contributed by atoms with Crippen molar-refractivity contribution >= 4 is 17.7 Å². The van der Waals surface area contributed by atoms with Crippen LogP contribution in [0.25, 0.3) is 11.1 Å². The summed E-state index contributed by atoms with van der Waals surface area (Å²) in [4.78, 5) is 26.7. The Kier molecular flexibility index (Phi) is 10.6. The van der Waals surface area contributed by atoms with Gasteiger partial charge in [0.15, 0.2) is 5.82 Å². The number of hydrogen-bond donors (Lipinski definition) is 1. The molecule has 2 aromatic heterocycles. The third-order valence-corrected chi connectivity index (χ3v) is 7.40. The molecule has 3 aromatic rings. The molecule has 4 rings (SSSR count). The number of nitrogens with one attached hydrogen (secondary N) is 1. The molecule has 11 nitrogen and oxygen atoms in total. The molecule has 220 valence electrons. The molecule has 1 aliphatic rings. The fourth-order valence-electron chi connectivity index (χ4n) is 5.17. The molecule has 1 saturated heterocycles. The second-order valence-corrected chi connectivity index (χ2v) is 10.4. The van der Waals surface area contributed by atoms with Gasteiger partial charge in [-0.1, -0.05) is 23.8 Å². The molecule has 0 unspecified atom stereocenters. The summed E-state index contributed by atoms with van der Waals surface area (Å²) in [5.74, 6) is 1.25. The van der Waals surface area contributed by atoms with Crippen LogP contribution in [-0.4, -0.2) is 86.4 Å². The molecule has 1 aromatic carbocycles. The van der Waals surface area contributed by atoms with Crippen LogP contribution < -0.4 is 15.1 Å². The van der Waals surface area contributed by atoms with E-state index < -0.39 is 0 Å². The normalized spacial score (nSPS) is 13.9. The molecule has 3 heterocycles. The van der Waals surface area contributed by atoms with E-state index in [9.17, 15) is 4.79 Å². The first kappa shape index (κ1) is 30.3. The molecular formula is C30H41N7O4. The minimum atomic E-state index is -0.187. The van der Waals surface area contributed by atoms with E-state index in [1.807, 2.05) is 20.9 Å². The van der Waals surface area contributed by atoms with E-state index in [2.05, 4.69) is 50.4 Å². The van der Waals surface area contributed by atoms with E-state index >= 15 is 0 Å². The number of anilines is 2.